The lowest BCUT2D eigenvalue weighted by molar-refractivity contribution is 0.788. The average molecular weight is 256 g/mol. The Morgan fingerprint density at radius 1 is 1.32 bits per heavy atom. The van der Waals surface area contributed by atoms with Crippen molar-refractivity contribution in [3.05, 3.63) is 53.3 Å². The molecule has 2 heteroatoms. The maximum Gasteiger partial charge on any atom is 0.0664 e. The van der Waals surface area contributed by atoms with Gasteiger partial charge < -0.3 is 5.73 Å². The third-order valence-corrected chi connectivity index (χ3v) is 3.46. The molecule has 102 valence electrons. The van der Waals surface area contributed by atoms with E-state index in [1.54, 1.807) is 6.20 Å². The van der Waals surface area contributed by atoms with Crippen molar-refractivity contribution in [3.8, 4) is 0 Å². The highest BCUT2D eigenvalue weighted by molar-refractivity contribution is 6.03. The van der Waals surface area contributed by atoms with Crippen molar-refractivity contribution >= 4 is 11.4 Å². The minimum Gasteiger partial charge on any atom is -0.404 e. The molecule has 0 bridgehead atoms. The maximum absolute atomic E-state index is 5.73. The van der Waals surface area contributed by atoms with Gasteiger partial charge in [0, 0.05) is 17.5 Å². The minimum absolute atomic E-state index is 0.360. The van der Waals surface area contributed by atoms with E-state index in [9.17, 15) is 0 Å². The summed E-state index contributed by atoms with van der Waals surface area (Å²) in [6.45, 7) is 14.5. The number of allylic oxidation sites excluding steroid dienone is 2. The lowest BCUT2D eigenvalue weighted by Gasteiger charge is -2.14. The first-order valence-corrected chi connectivity index (χ1v) is 6.61. The molecule has 0 saturated carbocycles. The Morgan fingerprint density at radius 3 is 2.47 bits per heavy atom. The predicted molar refractivity (Wildman–Crippen MR) is 84.9 cm³/mol. The molecule has 0 saturated heterocycles. The smallest absolute Gasteiger partial charge is 0.0664 e. The molecule has 1 aromatic rings. The summed E-state index contributed by atoms with van der Waals surface area (Å²) in [5.74, 6) is 0.360. The quantitative estimate of drug-likeness (QED) is 0.627. The largest absolute Gasteiger partial charge is 0.404 e. The van der Waals surface area contributed by atoms with Gasteiger partial charge in [0.2, 0.25) is 0 Å². The van der Waals surface area contributed by atoms with Crippen molar-refractivity contribution in [2.24, 2.45) is 16.6 Å². The molecule has 2 nitrogen and oxygen atoms in total. The fourth-order valence-electron chi connectivity index (χ4n) is 1.87. The van der Waals surface area contributed by atoms with Crippen LogP contribution in [0.5, 0.6) is 0 Å². The zero-order chi connectivity index (χ0) is 14.6. The number of nitrogens with two attached hydrogens (primary N) is 1. The van der Waals surface area contributed by atoms with Crippen LogP contribution in [-0.2, 0) is 0 Å². The van der Waals surface area contributed by atoms with Crippen LogP contribution >= 0.6 is 0 Å². The van der Waals surface area contributed by atoms with Gasteiger partial charge in [0.05, 0.1) is 5.69 Å². The molecule has 0 aliphatic carbocycles. The molecule has 0 aromatic heterocycles. The Hall–Kier alpha value is -1.83. The molecule has 0 fully saturated rings. The molecule has 1 aromatic carbocycles. The van der Waals surface area contributed by atoms with Crippen molar-refractivity contribution in [2.75, 3.05) is 0 Å². The van der Waals surface area contributed by atoms with Crippen molar-refractivity contribution in [2.45, 2.75) is 34.6 Å². The number of rotatable bonds is 4. The first-order valence-electron chi connectivity index (χ1n) is 6.61. The van der Waals surface area contributed by atoms with E-state index in [2.05, 4.69) is 40.3 Å². The number of hydrogen-bond donors (Lipinski definition) is 1. The van der Waals surface area contributed by atoms with Gasteiger partial charge in [-0.3, -0.25) is 4.99 Å². The summed E-state index contributed by atoms with van der Waals surface area (Å²) in [4.78, 5) is 4.70. The predicted octanol–water partition coefficient (Wildman–Crippen LogP) is 4.45. The lowest BCUT2D eigenvalue weighted by Crippen LogP contribution is -2.07. The number of nitrogens with zero attached hydrogens (tertiary/aromatic N) is 1. The zero-order valence-electron chi connectivity index (χ0n) is 12.6. The van der Waals surface area contributed by atoms with Crippen LogP contribution in [0.25, 0.3) is 0 Å². The molecular weight excluding hydrogens is 232 g/mol. The molecule has 0 heterocycles. The molecular formula is C17H24N2. The van der Waals surface area contributed by atoms with E-state index in [1.165, 1.54) is 11.1 Å². The molecule has 0 spiro atoms. The number of hydrogen-bond acceptors (Lipinski definition) is 2. The summed E-state index contributed by atoms with van der Waals surface area (Å²) in [7, 11) is 0. The van der Waals surface area contributed by atoms with Gasteiger partial charge in [-0.15, -0.1) is 0 Å². The van der Waals surface area contributed by atoms with Gasteiger partial charge in [0.15, 0.2) is 0 Å². The van der Waals surface area contributed by atoms with E-state index < -0.39 is 0 Å². The Morgan fingerprint density at radius 2 is 1.95 bits per heavy atom. The van der Waals surface area contributed by atoms with Gasteiger partial charge in [0.25, 0.3) is 0 Å². The molecule has 0 unspecified atom stereocenters. The first-order chi connectivity index (χ1) is 8.88. The summed E-state index contributed by atoms with van der Waals surface area (Å²) in [6.07, 6.45) is 1.60. The van der Waals surface area contributed by atoms with E-state index in [4.69, 9.17) is 10.7 Å². The number of benzene rings is 1. The van der Waals surface area contributed by atoms with Crippen molar-refractivity contribution in [3.63, 3.8) is 0 Å². The Kier molecular flexibility index (Phi) is 5.11. The van der Waals surface area contributed by atoms with Crippen LogP contribution in [0.1, 0.15) is 31.9 Å². The van der Waals surface area contributed by atoms with Crippen molar-refractivity contribution < 1.29 is 0 Å². The van der Waals surface area contributed by atoms with Gasteiger partial charge in [-0.1, -0.05) is 32.6 Å². The number of aliphatic imine (C=N–C) groups is 1. The number of aryl methyl sites for hydroxylation is 1. The third-order valence-electron chi connectivity index (χ3n) is 3.46. The van der Waals surface area contributed by atoms with E-state index in [0.29, 0.717) is 5.92 Å². The topological polar surface area (TPSA) is 38.4 Å². The first kappa shape index (κ1) is 15.2. The van der Waals surface area contributed by atoms with Crippen LogP contribution in [0, 0.1) is 19.8 Å². The average Bonchev–Trinajstić information content (AvgIpc) is 2.35. The second-order valence-electron chi connectivity index (χ2n) is 5.18. The lowest BCUT2D eigenvalue weighted by atomic mass is 9.94. The second-order valence-corrected chi connectivity index (χ2v) is 5.18. The van der Waals surface area contributed by atoms with E-state index >= 15 is 0 Å². The third kappa shape index (κ3) is 3.57. The highest BCUT2D eigenvalue weighted by Crippen LogP contribution is 2.24. The van der Waals surface area contributed by atoms with Gasteiger partial charge in [0.1, 0.15) is 0 Å². The van der Waals surface area contributed by atoms with Crippen molar-refractivity contribution in [1.29, 1.82) is 0 Å². The second kappa shape index (κ2) is 6.37. The molecule has 19 heavy (non-hydrogen) atoms. The Bertz CT molecular complexity index is 534. The van der Waals surface area contributed by atoms with Crippen LogP contribution in [-0.4, -0.2) is 5.71 Å². The maximum atomic E-state index is 5.73. The fourth-order valence-corrected chi connectivity index (χ4v) is 1.87. The van der Waals surface area contributed by atoms with Gasteiger partial charge in [-0.2, -0.15) is 0 Å². The van der Waals surface area contributed by atoms with Gasteiger partial charge in [-0.25, -0.2) is 0 Å². The molecule has 0 aliphatic rings. The molecule has 2 N–H and O–H groups in total. The summed E-state index contributed by atoms with van der Waals surface area (Å²) in [5, 5.41) is 0. The van der Waals surface area contributed by atoms with E-state index in [-0.39, 0.29) is 0 Å². The molecule has 0 radical (unpaired) electrons. The summed E-state index contributed by atoms with van der Waals surface area (Å²) < 4.78 is 0. The molecule has 0 amide bonds. The van der Waals surface area contributed by atoms with Crippen LogP contribution in [0.4, 0.5) is 5.69 Å². The molecule has 0 atom stereocenters. The van der Waals surface area contributed by atoms with E-state index in [1.807, 2.05) is 19.1 Å². The van der Waals surface area contributed by atoms with E-state index in [0.717, 1.165) is 22.5 Å². The zero-order valence-corrected chi connectivity index (χ0v) is 12.6. The summed E-state index contributed by atoms with van der Waals surface area (Å²) >= 11 is 0. The van der Waals surface area contributed by atoms with Crippen LogP contribution in [0.3, 0.4) is 0 Å². The van der Waals surface area contributed by atoms with Gasteiger partial charge >= 0.3 is 0 Å². The summed E-state index contributed by atoms with van der Waals surface area (Å²) in [5.41, 5.74) is 12.0. The Balaban J connectivity index is 3.18. The van der Waals surface area contributed by atoms with Crippen LogP contribution < -0.4 is 5.73 Å². The monoisotopic (exact) mass is 256 g/mol. The standard InChI is InChI=1S/C17H24N2/c1-11(2)13(4)16(10-18)15(6)19-17-9-7-8-12(3)14(17)5/h7-11H,4,18H2,1-3,5-6H3. The van der Waals surface area contributed by atoms with Crippen LogP contribution in [0.15, 0.2) is 47.1 Å². The highest BCUT2D eigenvalue weighted by Gasteiger charge is 2.10. The molecule has 0 aliphatic heterocycles. The van der Waals surface area contributed by atoms with Crippen molar-refractivity contribution in [1.82, 2.24) is 0 Å². The van der Waals surface area contributed by atoms with Crippen LogP contribution in [0.2, 0.25) is 0 Å². The fraction of sp³-hybridized carbons (Fsp3) is 0.353. The normalized spacial score (nSPS) is 12.9. The SMILES string of the molecule is C=C(C(=CN)C(C)=Nc1cccc(C)c1C)C(C)C. The Labute approximate surface area is 116 Å². The summed E-state index contributed by atoms with van der Waals surface area (Å²) in [6, 6.07) is 6.14. The highest BCUT2D eigenvalue weighted by atomic mass is 14.8. The minimum atomic E-state index is 0.360. The molecule has 1 rings (SSSR count). The van der Waals surface area contributed by atoms with Gasteiger partial charge in [-0.05, 0) is 49.5 Å².